The van der Waals surface area contributed by atoms with Crippen molar-refractivity contribution in [2.75, 3.05) is 26.1 Å². The van der Waals surface area contributed by atoms with Crippen LogP contribution in [0.25, 0.3) is 0 Å². The Morgan fingerprint density at radius 1 is 1.13 bits per heavy atom. The first-order valence-corrected chi connectivity index (χ1v) is 10.8. The standard InChI is InChI=1S/C24H23N3O3S/c1-29-19-9-6-10-20(30-2)22(19)23(28)26-24-18(13-25)17-11-12-27(15-21(17)31-24)14-16-7-4-3-5-8-16/h3-10H,11-12,14-15H2,1-2H3,(H,26,28). The van der Waals surface area contributed by atoms with E-state index in [2.05, 4.69) is 28.4 Å². The maximum atomic E-state index is 13.1. The van der Waals surface area contributed by atoms with E-state index in [4.69, 9.17) is 9.47 Å². The number of benzene rings is 2. The highest BCUT2D eigenvalue weighted by atomic mass is 32.1. The second-order valence-electron chi connectivity index (χ2n) is 7.26. The van der Waals surface area contributed by atoms with Crippen molar-refractivity contribution in [2.24, 2.45) is 0 Å². The van der Waals surface area contributed by atoms with Gasteiger partial charge < -0.3 is 14.8 Å². The van der Waals surface area contributed by atoms with Crippen LogP contribution in [0.2, 0.25) is 0 Å². The first-order valence-electron chi connectivity index (χ1n) is 9.97. The third-order valence-corrected chi connectivity index (χ3v) is 6.51. The van der Waals surface area contributed by atoms with E-state index in [1.807, 2.05) is 18.2 Å². The highest BCUT2D eigenvalue weighted by Gasteiger charge is 2.27. The highest BCUT2D eigenvalue weighted by Crippen LogP contribution is 2.38. The van der Waals surface area contributed by atoms with Crippen LogP contribution in [0.5, 0.6) is 11.5 Å². The molecule has 0 spiro atoms. The lowest BCUT2D eigenvalue weighted by Gasteiger charge is -2.26. The number of carbonyl (C=O) groups excluding carboxylic acids is 1. The fraction of sp³-hybridized carbons (Fsp3) is 0.250. The third kappa shape index (κ3) is 4.26. The van der Waals surface area contributed by atoms with Gasteiger partial charge in [-0.3, -0.25) is 9.69 Å². The van der Waals surface area contributed by atoms with Gasteiger partial charge in [0.2, 0.25) is 0 Å². The topological polar surface area (TPSA) is 74.6 Å². The molecule has 0 bridgehead atoms. The molecule has 0 saturated heterocycles. The summed E-state index contributed by atoms with van der Waals surface area (Å²) in [5, 5.41) is 13.3. The minimum absolute atomic E-state index is 0.313. The summed E-state index contributed by atoms with van der Waals surface area (Å²) < 4.78 is 10.7. The first kappa shape index (κ1) is 20.9. The van der Waals surface area contributed by atoms with Gasteiger partial charge in [-0.1, -0.05) is 36.4 Å². The van der Waals surface area contributed by atoms with Gasteiger partial charge in [0.1, 0.15) is 28.1 Å². The van der Waals surface area contributed by atoms with Crippen molar-refractivity contribution in [3.05, 3.63) is 75.7 Å². The summed E-state index contributed by atoms with van der Waals surface area (Å²) in [5.74, 6) is 0.488. The number of amides is 1. The molecule has 1 amide bonds. The fourth-order valence-corrected chi connectivity index (χ4v) is 5.12. The van der Waals surface area contributed by atoms with Gasteiger partial charge in [-0.05, 0) is 29.7 Å². The van der Waals surface area contributed by atoms with E-state index in [0.717, 1.165) is 36.5 Å². The van der Waals surface area contributed by atoms with Gasteiger partial charge in [0.15, 0.2) is 0 Å². The molecular formula is C24H23N3O3S. The number of nitriles is 1. The molecule has 0 fully saturated rings. The summed E-state index contributed by atoms with van der Waals surface area (Å²) in [4.78, 5) is 16.6. The van der Waals surface area contributed by atoms with E-state index >= 15 is 0 Å². The Balaban J connectivity index is 1.58. The number of fused-ring (bicyclic) bond motifs is 1. The molecule has 1 aliphatic heterocycles. The van der Waals surface area contributed by atoms with Crippen LogP contribution >= 0.6 is 11.3 Å². The molecule has 4 rings (SSSR count). The number of ether oxygens (including phenoxy) is 2. The smallest absolute Gasteiger partial charge is 0.263 e. The molecule has 1 aromatic heterocycles. The quantitative estimate of drug-likeness (QED) is 0.622. The molecule has 2 aromatic carbocycles. The highest BCUT2D eigenvalue weighted by molar-refractivity contribution is 7.16. The summed E-state index contributed by atoms with van der Waals surface area (Å²) in [5.41, 5.74) is 3.17. The Morgan fingerprint density at radius 3 is 2.48 bits per heavy atom. The maximum absolute atomic E-state index is 13.1. The van der Waals surface area contributed by atoms with E-state index < -0.39 is 0 Å². The number of rotatable bonds is 6. The molecule has 1 aliphatic rings. The first-order chi connectivity index (χ1) is 15.1. The monoisotopic (exact) mass is 433 g/mol. The van der Waals surface area contributed by atoms with Crippen molar-refractivity contribution in [3.63, 3.8) is 0 Å². The average molecular weight is 434 g/mol. The van der Waals surface area contributed by atoms with Crippen LogP contribution < -0.4 is 14.8 Å². The zero-order valence-corrected chi connectivity index (χ0v) is 18.3. The van der Waals surface area contributed by atoms with E-state index in [1.54, 1.807) is 18.2 Å². The molecule has 7 heteroatoms. The Labute approximate surface area is 185 Å². The van der Waals surface area contributed by atoms with Crippen LogP contribution in [0.4, 0.5) is 5.00 Å². The maximum Gasteiger partial charge on any atom is 0.263 e. The number of carbonyl (C=O) groups is 1. The Hall–Kier alpha value is -3.34. The molecule has 0 unspecified atom stereocenters. The van der Waals surface area contributed by atoms with E-state index in [9.17, 15) is 10.1 Å². The lowest BCUT2D eigenvalue weighted by atomic mass is 10.0. The number of hydrogen-bond donors (Lipinski definition) is 1. The Kier molecular flexibility index (Phi) is 6.21. The summed E-state index contributed by atoms with van der Waals surface area (Å²) in [6, 6.07) is 17.8. The van der Waals surface area contributed by atoms with Crippen LogP contribution in [0, 0.1) is 11.3 Å². The number of thiophene rings is 1. The van der Waals surface area contributed by atoms with Crippen molar-refractivity contribution in [3.8, 4) is 17.6 Å². The Morgan fingerprint density at radius 2 is 1.84 bits per heavy atom. The average Bonchev–Trinajstić information content (AvgIpc) is 3.14. The summed E-state index contributed by atoms with van der Waals surface area (Å²) >= 11 is 1.47. The van der Waals surface area contributed by atoms with E-state index in [1.165, 1.54) is 31.1 Å². The van der Waals surface area contributed by atoms with Gasteiger partial charge in [0, 0.05) is 24.5 Å². The van der Waals surface area contributed by atoms with Crippen molar-refractivity contribution >= 4 is 22.2 Å². The van der Waals surface area contributed by atoms with Crippen molar-refractivity contribution in [2.45, 2.75) is 19.5 Å². The van der Waals surface area contributed by atoms with Gasteiger partial charge in [0.25, 0.3) is 5.91 Å². The molecule has 31 heavy (non-hydrogen) atoms. The van der Waals surface area contributed by atoms with Gasteiger partial charge in [-0.15, -0.1) is 11.3 Å². The number of nitrogens with one attached hydrogen (secondary N) is 1. The number of hydrogen-bond acceptors (Lipinski definition) is 6. The van der Waals surface area contributed by atoms with Crippen molar-refractivity contribution in [1.82, 2.24) is 4.90 Å². The molecular weight excluding hydrogens is 410 g/mol. The summed E-state index contributed by atoms with van der Waals surface area (Å²) in [6.45, 7) is 2.50. The van der Waals surface area contributed by atoms with Gasteiger partial charge in [0.05, 0.1) is 19.8 Å². The lowest BCUT2D eigenvalue weighted by Crippen LogP contribution is -2.29. The predicted octanol–water partition coefficient (Wildman–Crippen LogP) is 4.45. The molecule has 0 aliphatic carbocycles. The van der Waals surface area contributed by atoms with Gasteiger partial charge in [-0.2, -0.15) is 5.26 Å². The second kappa shape index (κ2) is 9.21. The minimum Gasteiger partial charge on any atom is -0.496 e. The zero-order chi connectivity index (χ0) is 21.8. The molecule has 158 valence electrons. The normalized spacial score (nSPS) is 13.2. The molecule has 3 aromatic rings. The van der Waals surface area contributed by atoms with E-state index in [-0.39, 0.29) is 5.91 Å². The van der Waals surface area contributed by atoms with Crippen LogP contribution in [0.3, 0.4) is 0 Å². The second-order valence-corrected chi connectivity index (χ2v) is 8.36. The van der Waals surface area contributed by atoms with Gasteiger partial charge in [-0.25, -0.2) is 0 Å². The number of methoxy groups -OCH3 is 2. The molecule has 1 N–H and O–H groups in total. The number of nitrogens with zero attached hydrogens (tertiary/aromatic N) is 2. The van der Waals surface area contributed by atoms with Crippen LogP contribution in [-0.2, 0) is 19.5 Å². The summed E-state index contributed by atoms with van der Waals surface area (Å²) in [6.07, 6.45) is 0.787. The largest absolute Gasteiger partial charge is 0.496 e. The van der Waals surface area contributed by atoms with Crippen LogP contribution in [0.1, 0.15) is 31.9 Å². The molecule has 6 nitrogen and oxygen atoms in total. The lowest BCUT2D eigenvalue weighted by molar-refractivity contribution is 0.102. The summed E-state index contributed by atoms with van der Waals surface area (Å²) in [7, 11) is 3.02. The van der Waals surface area contributed by atoms with Gasteiger partial charge >= 0.3 is 0 Å². The van der Waals surface area contributed by atoms with Crippen LogP contribution in [0.15, 0.2) is 48.5 Å². The molecule has 0 radical (unpaired) electrons. The number of anilines is 1. The third-order valence-electron chi connectivity index (χ3n) is 5.38. The minimum atomic E-state index is -0.356. The van der Waals surface area contributed by atoms with Crippen molar-refractivity contribution in [1.29, 1.82) is 5.26 Å². The van der Waals surface area contributed by atoms with Crippen molar-refractivity contribution < 1.29 is 14.3 Å². The van der Waals surface area contributed by atoms with E-state index in [0.29, 0.717) is 27.6 Å². The van der Waals surface area contributed by atoms with Crippen LogP contribution in [-0.4, -0.2) is 31.6 Å². The zero-order valence-electron chi connectivity index (χ0n) is 17.5. The molecule has 2 heterocycles. The Bertz CT molecular complexity index is 1110. The molecule has 0 saturated carbocycles. The fourth-order valence-electron chi connectivity index (χ4n) is 3.88. The SMILES string of the molecule is COc1cccc(OC)c1C(=O)Nc1sc2c(c1C#N)CCN(Cc1ccccc1)C2. The predicted molar refractivity (Wildman–Crippen MR) is 121 cm³/mol. The molecule has 0 atom stereocenters.